The first-order chi connectivity index (χ1) is 8.04. The van der Waals surface area contributed by atoms with Crippen molar-refractivity contribution in [1.29, 1.82) is 0 Å². The van der Waals surface area contributed by atoms with Crippen LogP contribution in [0, 0.1) is 5.92 Å². The van der Waals surface area contributed by atoms with Gasteiger partial charge in [0, 0.05) is 24.3 Å². The van der Waals surface area contributed by atoms with Crippen LogP contribution in [0.1, 0.15) is 17.3 Å². The van der Waals surface area contributed by atoms with E-state index >= 15 is 0 Å². The molecule has 1 aromatic heterocycles. The first-order valence-electron chi connectivity index (χ1n) is 5.22. The normalized spacial score (nSPS) is 12.2. The van der Waals surface area contributed by atoms with Gasteiger partial charge < -0.3 is 15.8 Å². The third-order valence-electron chi connectivity index (χ3n) is 2.18. The highest BCUT2D eigenvalue weighted by Crippen LogP contribution is 2.17. The quantitative estimate of drug-likeness (QED) is 0.863. The predicted molar refractivity (Wildman–Crippen MR) is 69.7 cm³/mol. The molecular weight excluding hydrogens is 286 g/mol. The largest absolute Gasteiger partial charge is 0.384 e. The van der Waals surface area contributed by atoms with E-state index in [1.54, 1.807) is 13.2 Å². The smallest absolute Gasteiger partial charge is 0.252 e. The maximum atomic E-state index is 11.9. The second-order valence-electron chi connectivity index (χ2n) is 3.86. The van der Waals surface area contributed by atoms with Crippen molar-refractivity contribution in [2.75, 3.05) is 26.0 Å². The standard InChI is InChI=1S/C11H16BrN3O2/c1-7(6-17-2)4-15-11(16)8-3-10(13)14-5-9(8)12/h3,5,7H,4,6H2,1-2H3,(H2,13,14)(H,15,16). The molecule has 17 heavy (non-hydrogen) atoms. The first kappa shape index (κ1) is 13.9. The van der Waals surface area contributed by atoms with Crippen molar-refractivity contribution in [2.24, 2.45) is 5.92 Å². The lowest BCUT2D eigenvalue weighted by molar-refractivity contribution is 0.0933. The molecule has 94 valence electrons. The molecule has 0 spiro atoms. The van der Waals surface area contributed by atoms with E-state index in [1.165, 1.54) is 6.20 Å². The van der Waals surface area contributed by atoms with Crippen molar-refractivity contribution < 1.29 is 9.53 Å². The van der Waals surface area contributed by atoms with E-state index in [-0.39, 0.29) is 11.8 Å². The van der Waals surface area contributed by atoms with E-state index in [4.69, 9.17) is 10.5 Å². The summed E-state index contributed by atoms with van der Waals surface area (Å²) < 4.78 is 5.62. The number of ether oxygens (including phenoxy) is 1. The Labute approximate surface area is 109 Å². The lowest BCUT2D eigenvalue weighted by atomic mass is 10.2. The molecule has 0 aliphatic rings. The second kappa shape index (κ2) is 6.56. The number of rotatable bonds is 5. The molecule has 1 heterocycles. The second-order valence-corrected chi connectivity index (χ2v) is 4.71. The number of pyridine rings is 1. The van der Waals surface area contributed by atoms with E-state index in [0.717, 1.165) is 0 Å². The number of carbonyl (C=O) groups is 1. The Morgan fingerprint density at radius 2 is 2.41 bits per heavy atom. The number of hydrogen-bond acceptors (Lipinski definition) is 4. The van der Waals surface area contributed by atoms with Gasteiger partial charge in [-0.05, 0) is 27.9 Å². The molecule has 1 amide bonds. The number of nitrogens with one attached hydrogen (secondary N) is 1. The van der Waals surface area contributed by atoms with Crippen LogP contribution < -0.4 is 11.1 Å². The summed E-state index contributed by atoms with van der Waals surface area (Å²) in [4.78, 5) is 15.7. The van der Waals surface area contributed by atoms with E-state index in [1.807, 2.05) is 6.92 Å². The number of methoxy groups -OCH3 is 1. The first-order valence-corrected chi connectivity index (χ1v) is 6.02. The van der Waals surface area contributed by atoms with Gasteiger partial charge in [0.05, 0.1) is 12.2 Å². The Morgan fingerprint density at radius 1 is 1.71 bits per heavy atom. The van der Waals surface area contributed by atoms with Gasteiger partial charge in [-0.2, -0.15) is 0 Å². The number of carbonyl (C=O) groups excluding carboxylic acids is 1. The summed E-state index contributed by atoms with van der Waals surface area (Å²) in [6.45, 7) is 3.17. The SMILES string of the molecule is COCC(C)CNC(=O)c1cc(N)ncc1Br. The Balaban J connectivity index is 2.61. The van der Waals surface area contributed by atoms with E-state index in [2.05, 4.69) is 26.2 Å². The highest BCUT2D eigenvalue weighted by Gasteiger charge is 2.12. The number of nitrogens with zero attached hydrogens (tertiary/aromatic N) is 1. The van der Waals surface area contributed by atoms with Crippen molar-refractivity contribution >= 4 is 27.7 Å². The van der Waals surface area contributed by atoms with Crippen molar-refractivity contribution in [2.45, 2.75) is 6.92 Å². The number of nitrogens with two attached hydrogens (primary N) is 1. The fourth-order valence-electron chi connectivity index (χ4n) is 1.33. The number of halogens is 1. The van der Waals surface area contributed by atoms with Crippen LogP contribution in [-0.4, -0.2) is 31.2 Å². The maximum absolute atomic E-state index is 11.9. The summed E-state index contributed by atoms with van der Waals surface area (Å²) in [7, 11) is 1.64. The van der Waals surface area contributed by atoms with Gasteiger partial charge in [-0.15, -0.1) is 0 Å². The fraction of sp³-hybridized carbons (Fsp3) is 0.455. The molecule has 0 radical (unpaired) electrons. The zero-order valence-electron chi connectivity index (χ0n) is 9.87. The average Bonchev–Trinajstić information content (AvgIpc) is 2.29. The van der Waals surface area contributed by atoms with Crippen molar-refractivity contribution in [3.8, 4) is 0 Å². The van der Waals surface area contributed by atoms with Gasteiger partial charge in [0.2, 0.25) is 0 Å². The van der Waals surface area contributed by atoms with Crippen LogP contribution in [-0.2, 0) is 4.74 Å². The molecule has 0 aromatic carbocycles. The van der Waals surface area contributed by atoms with Crippen molar-refractivity contribution in [1.82, 2.24) is 10.3 Å². The van der Waals surface area contributed by atoms with Gasteiger partial charge in [-0.25, -0.2) is 4.98 Å². The lowest BCUT2D eigenvalue weighted by Crippen LogP contribution is -2.30. The van der Waals surface area contributed by atoms with Gasteiger partial charge in [-0.3, -0.25) is 4.79 Å². The number of anilines is 1. The van der Waals surface area contributed by atoms with Gasteiger partial charge >= 0.3 is 0 Å². The molecule has 1 unspecified atom stereocenters. The van der Waals surface area contributed by atoms with Crippen LogP contribution >= 0.6 is 15.9 Å². The van der Waals surface area contributed by atoms with Gasteiger partial charge in [0.1, 0.15) is 5.82 Å². The minimum absolute atomic E-state index is 0.172. The zero-order chi connectivity index (χ0) is 12.8. The number of aromatic nitrogens is 1. The zero-order valence-corrected chi connectivity index (χ0v) is 11.5. The number of amides is 1. The third-order valence-corrected chi connectivity index (χ3v) is 2.82. The van der Waals surface area contributed by atoms with Crippen LogP contribution in [0.3, 0.4) is 0 Å². The maximum Gasteiger partial charge on any atom is 0.252 e. The molecule has 5 nitrogen and oxygen atoms in total. The molecule has 1 atom stereocenters. The fourth-order valence-corrected chi connectivity index (χ4v) is 1.73. The van der Waals surface area contributed by atoms with Crippen LogP contribution in [0.5, 0.6) is 0 Å². The average molecular weight is 302 g/mol. The minimum atomic E-state index is -0.172. The highest BCUT2D eigenvalue weighted by atomic mass is 79.9. The molecule has 0 saturated heterocycles. The molecule has 0 aliphatic heterocycles. The summed E-state index contributed by atoms with van der Waals surface area (Å²) in [6.07, 6.45) is 1.52. The Bertz CT molecular complexity index is 398. The summed E-state index contributed by atoms with van der Waals surface area (Å²) in [5.41, 5.74) is 6.03. The van der Waals surface area contributed by atoms with Gasteiger partial charge in [0.15, 0.2) is 0 Å². The minimum Gasteiger partial charge on any atom is -0.384 e. The number of nitrogen functional groups attached to an aromatic ring is 1. The van der Waals surface area contributed by atoms with Crippen molar-refractivity contribution in [3.05, 3.63) is 22.3 Å². The summed E-state index contributed by atoms with van der Waals surface area (Å²) in [5.74, 6) is 0.416. The highest BCUT2D eigenvalue weighted by molar-refractivity contribution is 9.10. The molecule has 0 aliphatic carbocycles. The summed E-state index contributed by atoms with van der Waals surface area (Å²) >= 11 is 3.27. The molecular formula is C11H16BrN3O2. The van der Waals surface area contributed by atoms with E-state index < -0.39 is 0 Å². The molecule has 0 saturated carbocycles. The van der Waals surface area contributed by atoms with E-state index in [0.29, 0.717) is 29.0 Å². The third kappa shape index (κ3) is 4.32. The van der Waals surface area contributed by atoms with Crippen LogP contribution in [0.4, 0.5) is 5.82 Å². The monoisotopic (exact) mass is 301 g/mol. The molecule has 3 N–H and O–H groups in total. The predicted octanol–water partition coefficient (Wildman–Crippen LogP) is 1.44. The van der Waals surface area contributed by atoms with Crippen LogP contribution in [0.25, 0.3) is 0 Å². The van der Waals surface area contributed by atoms with Gasteiger partial charge in [-0.1, -0.05) is 6.92 Å². The molecule has 0 fully saturated rings. The Hall–Kier alpha value is -1.14. The summed E-state index contributed by atoms with van der Waals surface area (Å²) in [6, 6.07) is 1.54. The molecule has 1 rings (SSSR count). The Morgan fingerprint density at radius 3 is 3.06 bits per heavy atom. The molecule has 6 heteroatoms. The summed E-state index contributed by atoms with van der Waals surface area (Å²) in [5, 5.41) is 2.82. The van der Waals surface area contributed by atoms with E-state index in [9.17, 15) is 4.79 Å². The van der Waals surface area contributed by atoms with Gasteiger partial charge in [0.25, 0.3) is 5.91 Å². The molecule has 0 bridgehead atoms. The molecule has 1 aromatic rings. The topological polar surface area (TPSA) is 77.2 Å². The van der Waals surface area contributed by atoms with Crippen LogP contribution in [0.15, 0.2) is 16.7 Å². The van der Waals surface area contributed by atoms with Crippen LogP contribution in [0.2, 0.25) is 0 Å². The Kier molecular flexibility index (Phi) is 5.37. The van der Waals surface area contributed by atoms with Crippen molar-refractivity contribution in [3.63, 3.8) is 0 Å². The number of hydrogen-bond donors (Lipinski definition) is 2. The lowest BCUT2D eigenvalue weighted by Gasteiger charge is -2.12.